The number of hydrogen-bond acceptors (Lipinski definition) is 4. The van der Waals surface area contributed by atoms with Crippen molar-refractivity contribution in [3.63, 3.8) is 0 Å². The fraction of sp³-hybridized carbons (Fsp3) is 0.192. The molecular weight excluding hydrogens is 418 g/mol. The quantitative estimate of drug-likeness (QED) is 0.650. The molecule has 0 unspecified atom stereocenters. The molecule has 3 aromatic rings. The van der Waals surface area contributed by atoms with Crippen molar-refractivity contribution >= 4 is 23.4 Å². The molecule has 0 spiro atoms. The molecule has 166 valence electrons. The fourth-order valence-electron chi connectivity index (χ4n) is 4.44. The number of carbonyl (C=O) groups is 3. The molecule has 5 rings (SSSR count). The van der Waals surface area contributed by atoms with Gasteiger partial charge in [-0.15, -0.1) is 0 Å². The van der Waals surface area contributed by atoms with Crippen LogP contribution >= 0.6 is 0 Å². The van der Waals surface area contributed by atoms with Crippen molar-refractivity contribution in [2.24, 2.45) is 0 Å². The zero-order valence-electron chi connectivity index (χ0n) is 18.1. The number of benzene rings is 3. The second-order valence-corrected chi connectivity index (χ2v) is 8.22. The molecule has 3 aromatic carbocycles. The van der Waals surface area contributed by atoms with Gasteiger partial charge < -0.3 is 20.3 Å². The van der Waals surface area contributed by atoms with Gasteiger partial charge in [0.05, 0.1) is 18.4 Å². The van der Waals surface area contributed by atoms with E-state index in [0.29, 0.717) is 23.2 Å². The number of methoxy groups -OCH3 is 1. The van der Waals surface area contributed by atoms with Crippen LogP contribution in [0.1, 0.15) is 27.1 Å². The lowest BCUT2D eigenvalue weighted by Crippen LogP contribution is -2.41. The summed E-state index contributed by atoms with van der Waals surface area (Å²) < 4.78 is 5.22. The largest absolute Gasteiger partial charge is 0.497 e. The van der Waals surface area contributed by atoms with Crippen molar-refractivity contribution in [2.45, 2.75) is 18.5 Å². The minimum absolute atomic E-state index is 0.215. The third kappa shape index (κ3) is 3.93. The molecule has 0 aromatic heterocycles. The highest BCUT2D eigenvalue weighted by Gasteiger charge is 2.43. The van der Waals surface area contributed by atoms with Crippen molar-refractivity contribution in [1.82, 2.24) is 10.2 Å². The van der Waals surface area contributed by atoms with Crippen molar-refractivity contribution in [3.05, 3.63) is 83.9 Å². The first-order chi connectivity index (χ1) is 16.0. The number of nitrogens with one attached hydrogen (secondary N) is 2. The number of carbonyl (C=O) groups excluding carboxylic acids is 3. The number of rotatable bonds is 4. The van der Waals surface area contributed by atoms with E-state index in [0.717, 1.165) is 16.9 Å². The number of nitrogens with zero attached hydrogens (tertiary/aromatic N) is 1. The molecule has 33 heavy (non-hydrogen) atoms. The zero-order valence-corrected chi connectivity index (χ0v) is 18.1. The Hall–Kier alpha value is -4.13. The SMILES string of the molecule is COc1ccc(-c2ccc3c(c2)C(=O)N2C[C@@H](NC(=O)c4ccccc4)C[C@H]2C(=O)N3)cc1. The van der Waals surface area contributed by atoms with Crippen molar-refractivity contribution in [1.29, 1.82) is 0 Å². The summed E-state index contributed by atoms with van der Waals surface area (Å²) in [5.41, 5.74) is 3.29. The maximum absolute atomic E-state index is 13.5. The Bertz CT molecular complexity index is 1220. The number of anilines is 1. The van der Waals surface area contributed by atoms with Gasteiger partial charge in [0, 0.05) is 18.2 Å². The molecular formula is C26H23N3O4. The highest BCUT2D eigenvalue weighted by Crippen LogP contribution is 2.32. The Kier molecular flexibility index (Phi) is 5.30. The molecule has 2 N–H and O–H groups in total. The predicted octanol–water partition coefficient (Wildman–Crippen LogP) is 3.33. The van der Waals surface area contributed by atoms with Crippen LogP contribution in [-0.2, 0) is 4.79 Å². The van der Waals surface area contributed by atoms with Gasteiger partial charge >= 0.3 is 0 Å². The molecule has 2 aliphatic rings. The summed E-state index contributed by atoms with van der Waals surface area (Å²) in [6.07, 6.45) is 0.371. The molecule has 3 amide bonds. The molecule has 0 aliphatic carbocycles. The number of ether oxygens (including phenoxy) is 1. The highest BCUT2D eigenvalue weighted by atomic mass is 16.5. The summed E-state index contributed by atoms with van der Waals surface area (Å²) in [5, 5.41) is 5.85. The van der Waals surface area contributed by atoms with Gasteiger partial charge in [-0.25, -0.2) is 0 Å². The lowest BCUT2D eigenvalue weighted by atomic mass is 10.0. The average Bonchev–Trinajstić information content (AvgIpc) is 3.24. The summed E-state index contributed by atoms with van der Waals surface area (Å²) >= 11 is 0. The molecule has 0 saturated carbocycles. The van der Waals surface area contributed by atoms with Crippen LogP contribution < -0.4 is 15.4 Å². The van der Waals surface area contributed by atoms with Crippen LogP contribution in [0, 0.1) is 0 Å². The molecule has 2 atom stereocenters. The third-order valence-electron chi connectivity index (χ3n) is 6.17. The minimum atomic E-state index is -0.629. The van der Waals surface area contributed by atoms with Crippen molar-refractivity contribution < 1.29 is 19.1 Å². The molecule has 7 heteroatoms. The van der Waals surface area contributed by atoms with Gasteiger partial charge in [-0.2, -0.15) is 0 Å². The van der Waals surface area contributed by atoms with Gasteiger partial charge in [-0.05, 0) is 53.9 Å². The minimum Gasteiger partial charge on any atom is -0.497 e. The van der Waals surface area contributed by atoms with Crippen LogP contribution in [0.5, 0.6) is 5.75 Å². The Morgan fingerprint density at radius 3 is 2.45 bits per heavy atom. The van der Waals surface area contributed by atoms with E-state index in [1.165, 1.54) is 0 Å². The first kappa shape index (κ1) is 20.8. The van der Waals surface area contributed by atoms with Crippen LogP contribution in [0.3, 0.4) is 0 Å². The first-order valence-electron chi connectivity index (χ1n) is 10.8. The number of fused-ring (bicyclic) bond motifs is 2. The van der Waals surface area contributed by atoms with Crippen LogP contribution in [0.25, 0.3) is 11.1 Å². The van der Waals surface area contributed by atoms with E-state index < -0.39 is 6.04 Å². The molecule has 1 saturated heterocycles. The fourth-order valence-corrected chi connectivity index (χ4v) is 4.44. The Morgan fingerprint density at radius 1 is 1.00 bits per heavy atom. The summed E-state index contributed by atoms with van der Waals surface area (Å²) in [6, 6.07) is 21.0. The van der Waals surface area contributed by atoms with Crippen molar-refractivity contribution in [2.75, 3.05) is 19.0 Å². The topological polar surface area (TPSA) is 87.7 Å². The number of hydrogen-bond donors (Lipinski definition) is 2. The summed E-state index contributed by atoms with van der Waals surface area (Å²) in [4.78, 5) is 40.5. The van der Waals surface area contributed by atoms with Crippen molar-refractivity contribution in [3.8, 4) is 16.9 Å². The lowest BCUT2D eigenvalue weighted by Gasteiger charge is -2.20. The van der Waals surface area contributed by atoms with Gasteiger partial charge in [0.2, 0.25) is 5.91 Å². The summed E-state index contributed by atoms with van der Waals surface area (Å²) in [7, 11) is 1.61. The Morgan fingerprint density at radius 2 is 1.73 bits per heavy atom. The normalized spacial score (nSPS) is 19.2. The van der Waals surface area contributed by atoms with Crippen LogP contribution in [0.2, 0.25) is 0 Å². The van der Waals surface area contributed by atoms with E-state index in [1.807, 2.05) is 36.4 Å². The lowest BCUT2D eigenvalue weighted by molar-refractivity contribution is -0.119. The molecule has 2 heterocycles. The monoisotopic (exact) mass is 441 g/mol. The molecule has 2 aliphatic heterocycles. The standard InChI is InChI=1S/C26H23N3O4/c1-33-20-10-7-16(8-11-20)18-9-12-22-21(13-18)26(32)29-15-19(14-23(29)25(31)28-22)27-24(30)17-5-3-2-4-6-17/h2-13,19,23H,14-15H2,1H3,(H,27,30)(H,28,31)/t19-,23-/m0/s1. The van der Waals surface area contributed by atoms with Gasteiger partial charge in [0.1, 0.15) is 11.8 Å². The molecule has 7 nitrogen and oxygen atoms in total. The molecule has 0 bridgehead atoms. The van der Waals surface area contributed by atoms with Crippen LogP contribution in [0.15, 0.2) is 72.8 Å². The zero-order chi connectivity index (χ0) is 22.9. The van der Waals surface area contributed by atoms with Gasteiger partial charge in [0.15, 0.2) is 0 Å². The highest BCUT2D eigenvalue weighted by molar-refractivity contribution is 6.11. The van der Waals surface area contributed by atoms with E-state index in [1.54, 1.807) is 48.4 Å². The van der Waals surface area contributed by atoms with Gasteiger partial charge in [0.25, 0.3) is 11.8 Å². The van der Waals surface area contributed by atoms with Gasteiger partial charge in [-0.3, -0.25) is 14.4 Å². The van der Waals surface area contributed by atoms with E-state index >= 15 is 0 Å². The number of amides is 3. The van der Waals surface area contributed by atoms with E-state index in [2.05, 4.69) is 10.6 Å². The third-order valence-corrected chi connectivity index (χ3v) is 6.17. The second-order valence-electron chi connectivity index (χ2n) is 8.22. The van der Waals surface area contributed by atoms with E-state index in [-0.39, 0.29) is 30.3 Å². The second kappa shape index (κ2) is 8.43. The smallest absolute Gasteiger partial charge is 0.256 e. The predicted molar refractivity (Wildman–Crippen MR) is 124 cm³/mol. The van der Waals surface area contributed by atoms with Crippen LogP contribution in [0.4, 0.5) is 5.69 Å². The summed E-state index contributed by atoms with van der Waals surface area (Å²) in [6.45, 7) is 0.279. The molecule has 0 radical (unpaired) electrons. The molecule has 1 fully saturated rings. The van der Waals surface area contributed by atoms with Gasteiger partial charge in [-0.1, -0.05) is 36.4 Å². The maximum atomic E-state index is 13.5. The maximum Gasteiger partial charge on any atom is 0.256 e. The Labute approximate surface area is 191 Å². The average molecular weight is 441 g/mol. The Balaban J connectivity index is 1.39. The van der Waals surface area contributed by atoms with E-state index in [4.69, 9.17) is 4.74 Å². The summed E-state index contributed by atoms with van der Waals surface area (Å²) in [5.74, 6) is 0.0737. The van der Waals surface area contributed by atoms with Crippen LogP contribution in [-0.4, -0.2) is 48.4 Å². The first-order valence-corrected chi connectivity index (χ1v) is 10.8. The van der Waals surface area contributed by atoms with E-state index in [9.17, 15) is 14.4 Å².